The van der Waals surface area contributed by atoms with Crippen molar-refractivity contribution >= 4 is 23.2 Å². The van der Waals surface area contributed by atoms with Crippen LogP contribution in [-0.4, -0.2) is 26.2 Å². The second kappa shape index (κ2) is 5.75. The number of nitrogens with one attached hydrogen (secondary N) is 1. The van der Waals surface area contributed by atoms with E-state index in [1.165, 1.54) is 14.2 Å². The first-order valence-corrected chi connectivity index (χ1v) is 5.35. The number of ether oxygens (including phenoxy) is 2. The van der Waals surface area contributed by atoms with Crippen molar-refractivity contribution in [3.05, 3.63) is 17.2 Å². The summed E-state index contributed by atoms with van der Waals surface area (Å²) in [7, 11) is 2.98. The molecule has 0 saturated heterocycles. The summed E-state index contributed by atoms with van der Waals surface area (Å²) in [6.45, 7) is 1.59. The molecule has 1 atom stereocenters. The Balaban J connectivity index is 3.08. The first kappa shape index (κ1) is 13.6. The molecule has 5 nitrogen and oxygen atoms in total. The summed E-state index contributed by atoms with van der Waals surface area (Å²) in [6.07, 6.45) is 0. The molecule has 0 aliphatic rings. The number of carbonyl (C=O) groups excluding carboxylic acids is 1. The number of hydrogen-bond donors (Lipinski definition) is 2. The van der Waals surface area contributed by atoms with Crippen molar-refractivity contribution in [1.29, 1.82) is 0 Å². The smallest absolute Gasteiger partial charge is 0.241 e. The molecule has 0 fully saturated rings. The normalized spacial score (nSPS) is 11.8. The van der Waals surface area contributed by atoms with Gasteiger partial charge in [0.25, 0.3) is 0 Å². The van der Waals surface area contributed by atoms with Gasteiger partial charge in [0, 0.05) is 12.1 Å². The Kier molecular flexibility index (Phi) is 4.60. The minimum absolute atomic E-state index is 0.312. The van der Waals surface area contributed by atoms with Crippen LogP contribution in [0.4, 0.5) is 5.69 Å². The van der Waals surface area contributed by atoms with E-state index in [9.17, 15) is 4.79 Å². The van der Waals surface area contributed by atoms with Gasteiger partial charge in [0.2, 0.25) is 5.91 Å². The Hall–Kier alpha value is -1.46. The molecule has 0 aromatic heterocycles. The fourth-order valence-corrected chi connectivity index (χ4v) is 1.44. The molecule has 1 aromatic rings. The van der Waals surface area contributed by atoms with Gasteiger partial charge in [-0.05, 0) is 6.92 Å². The maximum atomic E-state index is 11.5. The van der Waals surface area contributed by atoms with Crippen molar-refractivity contribution in [1.82, 2.24) is 0 Å². The number of nitrogens with two attached hydrogens (primary N) is 1. The monoisotopic (exact) mass is 258 g/mol. The number of hydrogen-bond acceptors (Lipinski definition) is 4. The Bertz CT molecular complexity index is 421. The fourth-order valence-electron chi connectivity index (χ4n) is 1.20. The van der Waals surface area contributed by atoms with Crippen LogP contribution in [0.2, 0.25) is 5.02 Å². The second-order valence-electron chi connectivity index (χ2n) is 3.46. The summed E-state index contributed by atoms with van der Waals surface area (Å²) in [5.74, 6) is 0.588. The van der Waals surface area contributed by atoms with Gasteiger partial charge in [-0.15, -0.1) is 0 Å². The zero-order valence-corrected chi connectivity index (χ0v) is 10.7. The molecule has 3 N–H and O–H groups in total. The van der Waals surface area contributed by atoms with E-state index in [4.69, 9.17) is 26.8 Å². The van der Waals surface area contributed by atoms with Gasteiger partial charge in [-0.1, -0.05) is 11.6 Å². The van der Waals surface area contributed by atoms with Crippen LogP contribution >= 0.6 is 11.6 Å². The minimum atomic E-state index is -0.610. The van der Waals surface area contributed by atoms with Crippen LogP contribution in [-0.2, 0) is 4.79 Å². The quantitative estimate of drug-likeness (QED) is 0.861. The lowest BCUT2D eigenvalue weighted by Gasteiger charge is -2.14. The van der Waals surface area contributed by atoms with Gasteiger partial charge < -0.3 is 20.5 Å². The summed E-state index contributed by atoms with van der Waals surface area (Å²) < 4.78 is 10.2. The maximum absolute atomic E-state index is 11.5. The molecule has 17 heavy (non-hydrogen) atoms. The van der Waals surface area contributed by atoms with Crippen molar-refractivity contribution in [3.8, 4) is 11.5 Å². The van der Waals surface area contributed by atoms with E-state index in [1.54, 1.807) is 19.1 Å². The number of benzene rings is 1. The van der Waals surface area contributed by atoms with Crippen LogP contribution in [0.5, 0.6) is 11.5 Å². The summed E-state index contributed by atoms with van der Waals surface area (Å²) in [5, 5.41) is 3.04. The van der Waals surface area contributed by atoms with Gasteiger partial charge >= 0.3 is 0 Å². The summed E-state index contributed by atoms with van der Waals surface area (Å²) in [4.78, 5) is 11.5. The molecule has 0 saturated carbocycles. The highest BCUT2D eigenvalue weighted by molar-refractivity contribution is 6.32. The summed E-state index contributed by atoms with van der Waals surface area (Å²) in [5.41, 5.74) is 5.93. The van der Waals surface area contributed by atoms with E-state index in [1.807, 2.05) is 0 Å². The highest BCUT2D eigenvalue weighted by Crippen LogP contribution is 2.35. The third kappa shape index (κ3) is 3.25. The zero-order valence-electron chi connectivity index (χ0n) is 9.91. The first-order chi connectivity index (χ1) is 7.99. The Labute approximate surface area is 105 Å². The van der Waals surface area contributed by atoms with Gasteiger partial charge in [0.1, 0.15) is 11.5 Å². The molecule has 94 valence electrons. The lowest BCUT2D eigenvalue weighted by atomic mass is 10.2. The molecule has 6 heteroatoms. The number of methoxy groups -OCH3 is 2. The lowest BCUT2D eigenvalue weighted by molar-refractivity contribution is -0.117. The molecular weight excluding hydrogens is 244 g/mol. The maximum Gasteiger partial charge on any atom is 0.241 e. The molecule has 0 heterocycles. The van der Waals surface area contributed by atoms with Gasteiger partial charge in [-0.25, -0.2) is 0 Å². The summed E-state index contributed by atoms with van der Waals surface area (Å²) >= 11 is 5.94. The van der Waals surface area contributed by atoms with Crippen molar-refractivity contribution in [3.63, 3.8) is 0 Å². The highest BCUT2D eigenvalue weighted by Gasteiger charge is 2.14. The molecular formula is C11H15ClN2O3. The van der Waals surface area contributed by atoms with Crippen LogP contribution in [0.3, 0.4) is 0 Å². The van der Waals surface area contributed by atoms with E-state index >= 15 is 0 Å². The predicted molar refractivity (Wildman–Crippen MR) is 66.8 cm³/mol. The van der Waals surface area contributed by atoms with E-state index in [0.29, 0.717) is 22.2 Å². The molecule has 0 aliphatic carbocycles. The third-order valence-electron chi connectivity index (χ3n) is 2.15. The minimum Gasteiger partial charge on any atom is -0.495 e. The average molecular weight is 259 g/mol. The van der Waals surface area contributed by atoms with Crippen LogP contribution in [0.15, 0.2) is 12.1 Å². The van der Waals surface area contributed by atoms with Crippen LogP contribution in [0, 0.1) is 0 Å². The molecule has 0 spiro atoms. The number of anilines is 1. The van der Waals surface area contributed by atoms with Gasteiger partial charge in [-0.3, -0.25) is 4.79 Å². The van der Waals surface area contributed by atoms with Crippen LogP contribution in [0.1, 0.15) is 6.92 Å². The Morgan fingerprint density at radius 1 is 1.35 bits per heavy atom. The lowest BCUT2D eigenvalue weighted by Crippen LogP contribution is -2.32. The van der Waals surface area contributed by atoms with E-state index in [-0.39, 0.29) is 5.91 Å². The van der Waals surface area contributed by atoms with Crippen LogP contribution < -0.4 is 20.5 Å². The standard InChI is InChI=1S/C11H15ClN2O3/c1-6(13)11(15)14-8-5-9(16-2)7(12)4-10(8)17-3/h4-6H,13H2,1-3H3,(H,14,15)/t6-/m1/s1. The van der Waals surface area contributed by atoms with E-state index in [2.05, 4.69) is 5.32 Å². The highest BCUT2D eigenvalue weighted by atomic mass is 35.5. The van der Waals surface area contributed by atoms with Crippen molar-refractivity contribution in [2.24, 2.45) is 5.73 Å². The number of carbonyl (C=O) groups is 1. The molecule has 1 rings (SSSR count). The van der Waals surface area contributed by atoms with Crippen molar-refractivity contribution in [2.45, 2.75) is 13.0 Å². The number of rotatable bonds is 4. The molecule has 0 unspecified atom stereocenters. The first-order valence-electron chi connectivity index (χ1n) is 4.97. The largest absolute Gasteiger partial charge is 0.495 e. The van der Waals surface area contributed by atoms with Crippen molar-refractivity contribution in [2.75, 3.05) is 19.5 Å². The van der Waals surface area contributed by atoms with E-state index < -0.39 is 6.04 Å². The molecule has 0 aliphatic heterocycles. The molecule has 0 radical (unpaired) electrons. The Morgan fingerprint density at radius 2 is 1.94 bits per heavy atom. The Morgan fingerprint density at radius 3 is 2.41 bits per heavy atom. The molecule has 1 aromatic carbocycles. The second-order valence-corrected chi connectivity index (χ2v) is 3.87. The van der Waals surface area contributed by atoms with Gasteiger partial charge in [0.15, 0.2) is 0 Å². The van der Waals surface area contributed by atoms with Crippen molar-refractivity contribution < 1.29 is 14.3 Å². The third-order valence-corrected chi connectivity index (χ3v) is 2.44. The number of halogens is 1. The van der Waals surface area contributed by atoms with Crippen LogP contribution in [0.25, 0.3) is 0 Å². The molecule has 1 amide bonds. The zero-order chi connectivity index (χ0) is 13.0. The molecule has 0 bridgehead atoms. The fraction of sp³-hybridized carbons (Fsp3) is 0.364. The van der Waals surface area contributed by atoms with Gasteiger partial charge in [-0.2, -0.15) is 0 Å². The SMILES string of the molecule is COc1cc(NC(=O)[C@@H](C)N)c(OC)cc1Cl. The van der Waals surface area contributed by atoms with Gasteiger partial charge in [0.05, 0.1) is 31.0 Å². The van der Waals surface area contributed by atoms with E-state index in [0.717, 1.165) is 0 Å². The predicted octanol–water partition coefficient (Wildman–Crippen LogP) is 1.64. The summed E-state index contributed by atoms with van der Waals surface area (Å²) in [6, 6.07) is 2.54. The number of amides is 1. The topological polar surface area (TPSA) is 73.6 Å². The average Bonchev–Trinajstić information content (AvgIpc) is 2.30.